The molecule has 5 heteroatoms. The van der Waals surface area contributed by atoms with Gasteiger partial charge >= 0.3 is 0 Å². The zero-order valence-corrected chi connectivity index (χ0v) is 8.77. The molecule has 0 fully saturated rings. The maximum Gasteiger partial charge on any atom is 0.294 e. The van der Waals surface area contributed by atoms with Gasteiger partial charge in [-0.25, -0.2) is 0 Å². The molecule has 0 radical (unpaired) electrons. The van der Waals surface area contributed by atoms with Crippen LogP contribution in [0.4, 0.5) is 0 Å². The van der Waals surface area contributed by atoms with Gasteiger partial charge in [-0.2, -0.15) is 8.42 Å². The minimum Gasteiger partial charge on any atom is -0.282 e. The average Bonchev–Trinajstić information content (AvgIpc) is 2.03. The Morgan fingerprint density at radius 1 is 1.46 bits per heavy atom. The van der Waals surface area contributed by atoms with Crippen LogP contribution in [0.3, 0.4) is 0 Å². The van der Waals surface area contributed by atoms with Gasteiger partial charge in [0.05, 0.1) is 4.90 Å². The molecule has 3 nitrogen and oxygen atoms in total. The predicted octanol–water partition coefficient (Wildman–Crippen LogP) is 1.78. The van der Waals surface area contributed by atoms with Crippen LogP contribution in [0.5, 0.6) is 0 Å². The highest BCUT2D eigenvalue weighted by atomic mass is 32.2. The third-order valence-corrected chi connectivity index (χ3v) is 3.02. The van der Waals surface area contributed by atoms with E-state index in [1.807, 2.05) is 6.92 Å². The fourth-order valence-electron chi connectivity index (χ4n) is 1.01. The Morgan fingerprint density at radius 2 is 2.08 bits per heavy atom. The first-order valence-electron chi connectivity index (χ1n) is 3.74. The Kier molecular flexibility index (Phi) is 3.00. The third-order valence-electron chi connectivity index (χ3n) is 1.73. The summed E-state index contributed by atoms with van der Waals surface area (Å²) in [5, 5.41) is 0. The van der Waals surface area contributed by atoms with Crippen molar-refractivity contribution in [3.8, 4) is 0 Å². The van der Waals surface area contributed by atoms with E-state index >= 15 is 0 Å². The highest BCUT2D eigenvalue weighted by molar-refractivity contribution is 7.85. The van der Waals surface area contributed by atoms with Gasteiger partial charge in [0.25, 0.3) is 10.1 Å². The molecule has 0 aliphatic rings. The summed E-state index contributed by atoms with van der Waals surface area (Å²) in [4.78, 5) is 0.650. The number of hydrogen-bond acceptors (Lipinski definition) is 3. The minimum absolute atomic E-state index is 0.0813. The minimum atomic E-state index is -4.09. The molecule has 1 N–H and O–H groups in total. The van der Waals surface area contributed by atoms with E-state index in [0.29, 0.717) is 6.42 Å². The Bertz CT molecular complexity index is 409. The summed E-state index contributed by atoms with van der Waals surface area (Å²) in [6.07, 6.45) is 0.683. The van der Waals surface area contributed by atoms with E-state index in [-0.39, 0.29) is 4.90 Å². The van der Waals surface area contributed by atoms with Crippen LogP contribution in [0, 0.1) is 0 Å². The van der Waals surface area contributed by atoms with Gasteiger partial charge in [-0.1, -0.05) is 6.92 Å². The Balaban J connectivity index is 3.30. The Morgan fingerprint density at radius 3 is 2.54 bits per heavy atom. The van der Waals surface area contributed by atoms with Crippen LogP contribution in [0.1, 0.15) is 12.5 Å². The van der Waals surface area contributed by atoms with Crippen LogP contribution < -0.4 is 0 Å². The number of benzene rings is 1. The number of aryl methyl sites for hydroxylation is 1. The molecule has 0 aliphatic heterocycles. The van der Waals surface area contributed by atoms with Crippen LogP contribution in [0.15, 0.2) is 28.0 Å². The summed E-state index contributed by atoms with van der Waals surface area (Å²) >= 11 is 4.14. The quantitative estimate of drug-likeness (QED) is 0.587. The van der Waals surface area contributed by atoms with Crippen LogP contribution in [-0.4, -0.2) is 13.0 Å². The van der Waals surface area contributed by atoms with Crippen molar-refractivity contribution in [2.45, 2.75) is 23.1 Å². The summed E-state index contributed by atoms with van der Waals surface area (Å²) in [5.74, 6) is 0. The van der Waals surface area contributed by atoms with Crippen molar-refractivity contribution in [3.63, 3.8) is 0 Å². The van der Waals surface area contributed by atoms with Gasteiger partial charge in [0, 0.05) is 4.90 Å². The first-order chi connectivity index (χ1) is 5.95. The van der Waals surface area contributed by atoms with Crippen molar-refractivity contribution in [3.05, 3.63) is 23.8 Å². The van der Waals surface area contributed by atoms with Crippen LogP contribution in [0.25, 0.3) is 0 Å². The van der Waals surface area contributed by atoms with Crippen molar-refractivity contribution in [2.24, 2.45) is 0 Å². The van der Waals surface area contributed by atoms with Gasteiger partial charge in [-0.15, -0.1) is 12.6 Å². The van der Waals surface area contributed by atoms with Crippen molar-refractivity contribution in [2.75, 3.05) is 0 Å². The van der Waals surface area contributed by atoms with Crippen LogP contribution in [-0.2, 0) is 16.5 Å². The molecule has 0 amide bonds. The molecule has 0 heterocycles. The monoisotopic (exact) mass is 218 g/mol. The number of rotatable bonds is 2. The first kappa shape index (κ1) is 10.6. The molecule has 0 saturated carbocycles. The zero-order valence-electron chi connectivity index (χ0n) is 7.06. The summed E-state index contributed by atoms with van der Waals surface area (Å²) in [5.41, 5.74) is 0.804. The van der Waals surface area contributed by atoms with E-state index < -0.39 is 10.1 Å². The van der Waals surface area contributed by atoms with Crippen molar-refractivity contribution in [1.82, 2.24) is 0 Å². The summed E-state index contributed by atoms with van der Waals surface area (Å²) in [6.45, 7) is 1.89. The Hall–Kier alpha value is -0.520. The fourth-order valence-corrected chi connectivity index (χ4v) is 1.83. The summed E-state index contributed by atoms with van der Waals surface area (Å²) < 4.78 is 30.2. The van der Waals surface area contributed by atoms with Gasteiger partial charge in [-0.05, 0) is 30.2 Å². The van der Waals surface area contributed by atoms with E-state index in [4.69, 9.17) is 4.55 Å². The van der Waals surface area contributed by atoms with E-state index in [1.165, 1.54) is 12.1 Å². The molecule has 0 atom stereocenters. The molecular weight excluding hydrogens is 208 g/mol. The molecule has 0 spiro atoms. The molecular formula is C8H10O3S2. The lowest BCUT2D eigenvalue weighted by molar-refractivity contribution is 0.483. The van der Waals surface area contributed by atoms with E-state index in [1.54, 1.807) is 6.07 Å². The zero-order chi connectivity index (χ0) is 10.1. The van der Waals surface area contributed by atoms with Gasteiger partial charge in [-0.3, -0.25) is 4.55 Å². The molecule has 72 valence electrons. The summed E-state index contributed by atoms with van der Waals surface area (Å²) in [7, 11) is -4.09. The molecule has 1 aromatic rings. The maximum atomic E-state index is 10.7. The largest absolute Gasteiger partial charge is 0.294 e. The highest BCUT2D eigenvalue weighted by Gasteiger charge is 2.10. The van der Waals surface area contributed by atoms with Crippen molar-refractivity contribution in [1.29, 1.82) is 0 Å². The lowest BCUT2D eigenvalue weighted by Crippen LogP contribution is -1.99. The standard InChI is InChI=1S/C8H10O3S2/c1-2-6-5-7(13(9,10)11)3-4-8(6)12/h3-5,12H,2H2,1H3,(H,9,10,11). The average molecular weight is 218 g/mol. The van der Waals surface area contributed by atoms with E-state index in [2.05, 4.69) is 12.6 Å². The molecule has 1 rings (SSSR count). The van der Waals surface area contributed by atoms with Gasteiger partial charge in [0.2, 0.25) is 0 Å². The predicted molar refractivity (Wildman–Crippen MR) is 52.9 cm³/mol. The van der Waals surface area contributed by atoms with Crippen molar-refractivity contribution < 1.29 is 13.0 Å². The van der Waals surface area contributed by atoms with Crippen molar-refractivity contribution >= 4 is 22.7 Å². The van der Waals surface area contributed by atoms with E-state index in [9.17, 15) is 8.42 Å². The van der Waals surface area contributed by atoms with Gasteiger partial charge in [0.15, 0.2) is 0 Å². The Labute approximate surface area is 82.9 Å². The molecule has 0 bridgehead atoms. The lowest BCUT2D eigenvalue weighted by Gasteiger charge is -2.03. The second-order valence-electron chi connectivity index (χ2n) is 2.62. The number of hydrogen-bond donors (Lipinski definition) is 2. The maximum absolute atomic E-state index is 10.7. The number of thiol groups is 1. The second-order valence-corrected chi connectivity index (χ2v) is 4.52. The molecule has 0 saturated heterocycles. The molecule has 0 unspecified atom stereocenters. The fraction of sp³-hybridized carbons (Fsp3) is 0.250. The van der Waals surface area contributed by atoms with Gasteiger partial charge in [0.1, 0.15) is 0 Å². The highest BCUT2D eigenvalue weighted by Crippen LogP contribution is 2.19. The normalized spacial score (nSPS) is 11.6. The topological polar surface area (TPSA) is 54.4 Å². The summed E-state index contributed by atoms with van der Waals surface area (Å²) in [6, 6.07) is 4.32. The smallest absolute Gasteiger partial charge is 0.282 e. The van der Waals surface area contributed by atoms with E-state index in [0.717, 1.165) is 10.5 Å². The van der Waals surface area contributed by atoms with Gasteiger partial charge < -0.3 is 0 Å². The molecule has 0 aliphatic carbocycles. The third kappa shape index (κ3) is 2.46. The van der Waals surface area contributed by atoms with Crippen LogP contribution >= 0.6 is 12.6 Å². The SMILES string of the molecule is CCc1cc(S(=O)(=O)O)ccc1S. The molecule has 13 heavy (non-hydrogen) atoms. The van der Waals surface area contributed by atoms with Crippen LogP contribution in [0.2, 0.25) is 0 Å². The first-order valence-corrected chi connectivity index (χ1v) is 5.63. The molecule has 1 aromatic carbocycles. The second kappa shape index (κ2) is 3.69. The molecule has 0 aromatic heterocycles. The lowest BCUT2D eigenvalue weighted by atomic mass is 10.2.